The van der Waals surface area contributed by atoms with Gasteiger partial charge in [0.25, 0.3) is 0 Å². The molecule has 9 heteroatoms. The van der Waals surface area contributed by atoms with Crippen LogP contribution in [0.25, 0.3) is 0 Å². The molecule has 0 aliphatic heterocycles. The number of rotatable bonds is 27. The molecule has 0 saturated carbocycles. The number of allylic oxidation sites excluding steroid dienone is 14. The molecule has 0 aliphatic rings. The highest BCUT2D eigenvalue weighted by Crippen LogP contribution is 2.57. The van der Waals surface area contributed by atoms with Gasteiger partial charge in [-0.05, 0) is 158 Å². The molecule has 0 aromatic carbocycles. The quantitative estimate of drug-likeness (QED) is 0.0571. The van der Waals surface area contributed by atoms with Gasteiger partial charge in [0.15, 0.2) is 0 Å². The Hall–Kier alpha value is -1.56. The van der Waals surface area contributed by atoms with Gasteiger partial charge in [0.1, 0.15) is 0 Å². The fraction of sp³-hybridized carbons (Fsp3) is 0.650. The number of phosphoric acid groups is 2. The Morgan fingerprint density at radius 2 is 0.816 bits per heavy atom. The molecular weight excluding hydrogens is 654 g/mol. The lowest BCUT2D eigenvalue weighted by molar-refractivity contribution is 0.170. The summed E-state index contributed by atoms with van der Waals surface area (Å²) in [6.45, 7) is 19.6. The molecule has 49 heavy (non-hydrogen) atoms. The first-order valence-electron chi connectivity index (χ1n) is 18.2. The Labute approximate surface area is 300 Å². The minimum atomic E-state index is -5.08. The molecule has 0 aromatic heterocycles. The summed E-state index contributed by atoms with van der Waals surface area (Å²) in [6, 6.07) is 0. The summed E-state index contributed by atoms with van der Waals surface area (Å²) in [5, 5.41) is 0. The molecule has 0 rings (SSSR count). The van der Waals surface area contributed by atoms with E-state index in [9.17, 15) is 14.0 Å². The van der Waals surface area contributed by atoms with Crippen molar-refractivity contribution < 1.29 is 32.6 Å². The average molecular weight is 725 g/mol. The molecule has 0 aromatic rings. The topological polar surface area (TPSA) is 113 Å². The van der Waals surface area contributed by atoms with Crippen molar-refractivity contribution >= 4 is 15.6 Å². The van der Waals surface area contributed by atoms with Crippen molar-refractivity contribution in [1.82, 2.24) is 0 Å². The van der Waals surface area contributed by atoms with Gasteiger partial charge in [-0.3, -0.25) is 4.52 Å². The minimum absolute atomic E-state index is 0.110. The molecule has 0 radical (unpaired) electrons. The van der Waals surface area contributed by atoms with E-state index in [4.69, 9.17) is 9.79 Å². The maximum atomic E-state index is 11.5. The molecule has 0 aliphatic carbocycles. The Morgan fingerprint density at radius 1 is 0.510 bits per heavy atom. The summed E-state index contributed by atoms with van der Waals surface area (Å²) in [4.78, 5) is 26.6. The molecule has 3 N–H and O–H groups in total. The second-order valence-corrected chi connectivity index (χ2v) is 17.0. The van der Waals surface area contributed by atoms with Gasteiger partial charge in [0.05, 0.1) is 6.61 Å². The van der Waals surface area contributed by atoms with E-state index >= 15 is 0 Å². The van der Waals surface area contributed by atoms with Gasteiger partial charge in [0, 0.05) is 0 Å². The number of phosphoric ester groups is 1. The van der Waals surface area contributed by atoms with Crippen LogP contribution in [0.5, 0.6) is 0 Å². The van der Waals surface area contributed by atoms with Gasteiger partial charge in [-0.2, -0.15) is 4.31 Å². The van der Waals surface area contributed by atoms with Crippen molar-refractivity contribution in [2.75, 3.05) is 6.61 Å². The molecule has 2 atom stereocenters. The van der Waals surface area contributed by atoms with Gasteiger partial charge < -0.3 is 14.7 Å². The monoisotopic (exact) mass is 724 g/mol. The highest BCUT2D eigenvalue weighted by atomic mass is 31.3. The Kier molecular flexibility index (Phi) is 26.3. The van der Waals surface area contributed by atoms with Gasteiger partial charge in [-0.15, -0.1) is 0 Å². The molecule has 0 amide bonds. The third-order valence-corrected chi connectivity index (χ3v) is 10.7. The largest absolute Gasteiger partial charge is 0.481 e. The molecule has 1 unspecified atom stereocenters. The van der Waals surface area contributed by atoms with E-state index in [1.165, 1.54) is 45.4 Å². The Morgan fingerprint density at radius 3 is 1.12 bits per heavy atom. The SMILES string of the molecule is CC(C)=CCC/C(C)=C\CC/C(C)=C\CC/C(C)=C\CC/C(C)=C\CC/C(C)=C\CC/C(C)=C\CC[C@@H](C)CCOP(=O)(O)OP(=O)(O)O. The second kappa shape index (κ2) is 27.1. The van der Waals surface area contributed by atoms with E-state index in [1.54, 1.807) is 0 Å². The normalized spacial score (nSPS) is 16.2. The van der Waals surface area contributed by atoms with Crippen molar-refractivity contribution in [2.45, 2.75) is 159 Å². The third kappa shape index (κ3) is 32.1. The summed E-state index contributed by atoms with van der Waals surface area (Å²) in [5.74, 6) is 0.227. The van der Waals surface area contributed by atoms with E-state index in [0.29, 0.717) is 6.42 Å². The first-order chi connectivity index (χ1) is 22.9. The van der Waals surface area contributed by atoms with Crippen molar-refractivity contribution in [3.63, 3.8) is 0 Å². The molecule has 0 heterocycles. The number of hydrogen-bond donors (Lipinski definition) is 3. The van der Waals surface area contributed by atoms with Gasteiger partial charge in [0.2, 0.25) is 0 Å². The van der Waals surface area contributed by atoms with Crippen molar-refractivity contribution in [3.05, 3.63) is 81.5 Å². The van der Waals surface area contributed by atoms with Crippen LogP contribution in [0.3, 0.4) is 0 Å². The van der Waals surface area contributed by atoms with Crippen molar-refractivity contribution in [1.29, 1.82) is 0 Å². The molecule has 282 valence electrons. The molecule has 0 fully saturated rings. The first kappa shape index (κ1) is 47.4. The molecular formula is C40H70O7P2. The standard InChI is InChI=1S/C40H70O7P2/c1-33(2)17-10-18-34(3)19-11-20-35(4)21-12-22-36(5)23-13-24-37(6)25-14-26-38(7)27-15-28-39(8)29-16-30-40(9)31-32-46-49(44,45)47-48(41,42)43/h17,19,21,23,25,27,29,40H,10-16,18,20,22,24,26,28,30-32H2,1-9H3,(H,44,45)(H2,41,42,43)/b34-19-,35-21-,36-23-,37-25-,38-27-,39-29-/t40-/m1/s1. The van der Waals surface area contributed by atoms with Crippen LogP contribution in [0.1, 0.15) is 159 Å². The number of hydrogen-bond acceptors (Lipinski definition) is 4. The lowest BCUT2D eigenvalue weighted by Gasteiger charge is -2.14. The predicted octanol–water partition coefficient (Wildman–Crippen LogP) is 13.3. The molecule has 0 spiro atoms. The van der Waals surface area contributed by atoms with Crippen molar-refractivity contribution in [3.8, 4) is 0 Å². The zero-order valence-corrected chi connectivity index (χ0v) is 34.1. The summed E-state index contributed by atoms with van der Waals surface area (Å²) in [6.07, 6.45) is 32.2. The lowest BCUT2D eigenvalue weighted by atomic mass is 10.0. The van der Waals surface area contributed by atoms with Crippen LogP contribution in [-0.2, 0) is 18.0 Å². The maximum Gasteiger partial charge on any atom is 0.481 e. The zero-order chi connectivity index (χ0) is 37.3. The maximum absolute atomic E-state index is 11.5. The van der Waals surface area contributed by atoms with E-state index in [2.05, 4.69) is 107 Å². The zero-order valence-electron chi connectivity index (χ0n) is 32.3. The smallest absolute Gasteiger partial charge is 0.302 e. The van der Waals surface area contributed by atoms with Crippen LogP contribution < -0.4 is 0 Å². The summed E-state index contributed by atoms with van der Waals surface area (Å²) in [7, 11) is -9.84. The van der Waals surface area contributed by atoms with E-state index < -0.39 is 15.6 Å². The van der Waals surface area contributed by atoms with Crippen LogP contribution in [-0.4, -0.2) is 21.3 Å². The highest BCUT2D eigenvalue weighted by Gasteiger charge is 2.32. The predicted molar refractivity (Wildman–Crippen MR) is 209 cm³/mol. The average Bonchev–Trinajstić information content (AvgIpc) is 2.95. The van der Waals surface area contributed by atoms with Gasteiger partial charge >= 0.3 is 15.6 Å². The first-order valence-corrected chi connectivity index (χ1v) is 21.2. The molecule has 7 nitrogen and oxygen atoms in total. The summed E-state index contributed by atoms with van der Waals surface area (Å²) < 4.78 is 30.7. The van der Waals surface area contributed by atoms with Gasteiger partial charge in [-0.25, -0.2) is 9.13 Å². The van der Waals surface area contributed by atoms with Gasteiger partial charge in [-0.1, -0.05) is 88.5 Å². The van der Waals surface area contributed by atoms with Crippen LogP contribution in [0.4, 0.5) is 0 Å². The fourth-order valence-electron chi connectivity index (χ4n) is 5.22. The summed E-state index contributed by atoms with van der Waals surface area (Å²) in [5.41, 5.74) is 10.1. The van der Waals surface area contributed by atoms with Crippen LogP contribution >= 0.6 is 15.6 Å². The van der Waals surface area contributed by atoms with E-state index in [1.807, 2.05) is 6.92 Å². The lowest BCUT2D eigenvalue weighted by Crippen LogP contribution is -2.02. The third-order valence-electron chi connectivity index (χ3n) is 8.48. The Balaban J connectivity index is 4.22. The fourth-order valence-corrected chi connectivity index (χ4v) is 6.82. The van der Waals surface area contributed by atoms with E-state index in [-0.39, 0.29) is 12.5 Å². The van der Waals surface area contributed by atoms with Crippen molar-refractivity contribution in [2.24, 2.45) is 5.92 Å². The minimum Gasteiger partial charge on any atom is -0.302 e. The molecule has 0 bridgehead atoms. The van der Waals surface area contributed by atoms with E-state index in [0.717, 1.165) is 83.5 Å². The molecule has 0 saturated heterocycles. The Bertz CT molecular complexity index is 1260. The van der Waals surface area contributed by atoms with Crippen LogP contribution in [0.2, 0.25) is 0 Å². The highest BCUT2D eigenvalue weighted by molar-refractivity contribution is 7.60. The van der Waals surface area contributed by atoms with Crippen LogP contribution in [0, 0.1) is 5.92 Å². The summed E-state index contributed by atoms with van der Waals surface area (Å²) >= 11 is 0. The second-order valence-electron chi connectivity index (χ2n) is 14.2. The van der Waals surface area contributed by atoms with Crippen LogP contribution in [0.15, 0.2) is 81.5 Å².